The lowest BCUT2D eigenvalue weighted by Crippen LogP contribution is -2.17. The summed E-state index contributed by atoms with van der Waals surface area (Å²) in [4.78, 5) is 3.67. The molecule has 0 saturated carbocycles. The van der Waals surface area contributed by atoms with Gasteiger partial charge in [0.1, 0.15) is 0 Å². The van der Waals surface area contributed by atoms with Crippen molar-refractivity contribution < 1.29 is 5.11 Å². The molecule has 4 rings (SSSR count). The highest BCUT2D eigenvalue weighted by Crippen LogP contribution is 2.50. The fourth-order valence-electron chi connectivity index (χ4n) is 2.95. The summed E-state index contributed by atoms with van der Waals surface area (Å²) in [5, 5.41) is 13.5. The fourth-order valence-corrected chi connectivity index (χ4v) is 4.28. The van der Waals surface area contributed by atoms with Crippen LogP contribution in [0.25, 0.3) is 10.8 Å². The lowest BCUT2D eigenvalue weighted by atomic mass is 9.96. The van der Waals surface area contributed by atoms with Crippen LogP contribution in [0.5, 0.6) is 0 Å². The minimum Gasteiger partial charge on any atom is -0.512 e. The van der Waals surface area contributed by atoms with Gasteiger partial charge in [0.2, 0.25) is 0 Å². The largest absolute Gasteiger partial charge is 0.512 e. The standard InChI is InChI=1S/C18H17NOS/c1-2-19-15-9-7-12-5-3-4-6-14(12)18(15)21-17(19)11-13-8-10-16(13)20/h3-7,9,11,20H,2,8,10H2,1H3. The minimum absolute atomic E-state index is 0.556. The molecule has 2 aliphatic rings. The molecule has 106 valence electrons. The van der Waals surface area contributed by atoms with Gasteiger partial charge >= 0.3 is 0 Å². The van der Waals surface area contributed by atoms with E-state index in [1.54, 1.807) is 0 Å². The molecule has 0 aromatic heterocycles. The summed E-state index contributed by atoms with van der Waals surface area (Å²) in [6.45, 7) is 3.12. The second-order valence-corrected chi connectivity index (χ2v) is 6.47. The third-order valence-corrected chi connectivity index (χ3v) is 5.42. The van der Waals surface area contributed by atoms with Gasteiger partial charge in [0.25, 0.3) is 0 Å². The van der Waals surface area contributed by atoms with E-state index in [0.717, 1.165) is 25.0 Å². The number of hydrogen-bond donors (Lipinski definition) is 1. The Bertz CT molecular complexity index is 791. The Morgan fingerprint density at radius 2 is 2.05 bits per heavy atom. The molecular formula is C18H17NOS. The SMILES string of the molecule is CCN1C(=CC2=C(O)CC2)Sc2c1ccc1ccccc21. The number of rotatable bonds is 2. The van der Waals surface area contributed by atoms with Crippen molar-refractivity contribution in [2.75, 3.05) is 11.4 Å². The van der Waals surface area contributed by atoms with Crippen LogP contribution in [0, 0.1) is 0 Å². The smallest absolute Gasteiger partial charge is 0.0958 e. The van der Waals surface area contributed by atoms with Gasteiger partial charge in [-0.15, -0.1) is 0 Å². The third-order valence-electron chi connectivity index (χ3n) is 4.24. The van der Waals surface area contributed by atoms with E-state index in [4.69, 9.17) is 0 Å². The zero-order valence-corrected chi connectivity index (χ0v) is 12.8. The van der Waals surface area contributed by atoms with Gasteiger partial charge < -0.3 is 10.0 Å². The van der Waals surface area contributed by atoms with Crippen molar-refractivity contribution in [3.8, 4) is 0 Å². The third kappa shape index (κ3) is 1.95. The van der Waals surface area contributed by atoms with E-state index in [0.29, 0.717) is 5.76 Å². The molecule has 1 N–H and O–H groups in total. The Hall–Kier alpha value is -1.87. The molecule has 1 aliphatic carbocycles. The Kier molecular flexibility index (Phi) is 2.96. The number of hydrogen-bond acceptors (Lipinski definition) is 3. The number of aliphatic hydroxyl groups excluding tert-OH is 1. The Balaban J connectivity index is 1.85. The highest BCUT2D eigenvalue weighted by atomic mass is 32.2. The molecule has 2 nitrogen and oxygen atoms in total. The number of anilines is 1. The molecule has 1 heterocycles. The molecule has 0 spiro atoms. The van der Waals surface area contributed by atoms with Crippen molar-refractivity contribution in [1.82, 2.24) is 0 Å². The number of aliphatic hydroxyl groups is 1. The number of fused-ring (bicyclic) bond motifs is 3. The summed E-state index contributed by atoms with van der Waals surface area (Å²) in [6, 6.07) is 12.9. The quantitative estimate of drug-likeness (QED) is 0.821. The van der Waals surface area contributed by atoms with E-state index in [1.165, 1.54) is 26.4 Å². The molecular weight excluding hydrogens is 278 g/mol. The molecule has 2 aromatic carbocycles. The first-order valence-electron chi connectivity index (χ1n) is 7.37. The maximum atomic E-state index is 9.72. The number of allylic oxidation sites excluding steroid dienone is 3. The van der Waals surface area contributed by atoms with Crippen molar-refractivity contribution >= 4 is 28.2 Å². The molecule has 0 unspecified atom stereocenters. The molecule has 1 aliphatic heterocycles. The van der Waals surface area contributed by atoms with Crippen LogP contribution < -0.4 is 4.90 Å². The first kappa shape index (κ1) is 12.8. The van der Waals surface area contributed by atoms with Crippen molar-refractivity contribution in [2.24, 2.45) is 0 Å². The summed E-state index contributed by atoms with van der Waals surface area (Å²) < 4.78 is 0. The van der Waals surface area contributed by atoms with Crippen LogP contribution in [0.2, 0.25) is 0 Å². The van der Waals surface area contributed by atoms with Crippen LogP contribution >= 0.6 is 11.8 Å². The topological polar surface area (TPSA) is 23.5 Å². The molecule has 0 saturated heterocycles. The Morgan fingerprint density at radius 1 is 1.19 bits per heavy atom. The number of thioether (sulfide) groups is 1. The van der Waals surface area contributed by atoms with E-state index in [9.17, 15) is 5.11 Å². The van der Waals surface area contributed by atoms with Gasteiger partial charge in [-0.05, 0) is 41.8 Å². The summed E-state index contributed by atoms with van der Waals surface area (Å²) in [5.41, 5.74) is 2.37. The van der Waals surface area contributed by atoms with Gasteiger partial charge in [-0.25, -0.2) is 0 Å². The zero-order chi connectivity index (χ0) is 14.4. The second kappa shape index (κ2) is 4.85. The van der Waals surface area contributed by atoms with Crippen LogP contribution in [-0.2, 0) is 0 Å². The van der Waals surface area contributed by atoms with Crippen LogP contribution in [0.15, 0.2) is 63.7 Å². The first-order valence-corrected chi connectivity index (χ1v) is 8.19. The van der Waals surface area contributed by atoms with Crippen molar-refractivity contribution in [3.63, 3.8) is 0 Å². The van der Waals surface area contributed by atoms with Crippen LogP contribution in [0.1, 0.15) is 19.8 Å². The van der Waals surface area contributed by atoms with Crippen molar-refractivity contribution in [3.05, 3.63) is 58.8 Å². The molecule has 2 aromatic rings. The van der Waals surface area contributed by atoms with Crippen molar-refractivity contribution in [2.45, 2.75) is 24.7 Å². The molecule has 0 fully saturated rings. The van der Waals surface area contributed by atoms with E-state index in [-0.39, 0.29) is 0 Å². The second-order valence-electron chi connectivity index (χ2n) is 5.44. The van der Waals surface area contributed by atoms with Gasteiger partial charge in [0.15, 0.2) is 0 Å². The summed E-state index contributed by atoms with van der Waals surface area (Å²) >= 11 is 1.82. The lowest BCUT2D eigenvalue weighted by Gasteiger charge is -2.21. The Labute approximate surface area is 128 Å². The zero-order valence-electron chi connectivity index (χ0n) is 12.0. The minimum atomic E-state index is 0.556. The predicted molar refractivity (Wildman–Crippen MR) is 89.8 cm³/mol. The molecule has 0 atom stereocenters. The molecule has 0 bridgehead atoms. The van der Waals surface area contributed by atoms with E-state index in [2.05, 4.69) is 54.3 Å². The van der Waals surface area contributed by atoms with Crippen LogP contribution in [-0.4, -0.2) is 11.7 Å². The van der Waals surface area contributed by atoms with Gasteiger partial charge in [-0.3, -0.25) is 0 Å². The Morgan fingerprint density at radius 3 is 2.76 bits per heavy atom. The maximum absolute atomic E-state index is 9.72. The monoisotopic (exact) mass is 295 g/mol. The highest BCUT2D eigenvalue weighted by Gasteiger charge is 2.27. The summed E-state index contributed by atoms with van der Waals surface area (Å²) in [5.74, 6) is 0.556. The summed E-state index contributed by atoms with van der Waals surface area (Å²) in [6.07, 6.45) is 3.97. The van der Waals surface area contributed by atoms with Crippen molar-refractivity contribution in [1.29, 1.82) is 0 Å². The van der Waals surface area contributed by atoms with Crippen LogP contribution in [0.3, 0.4) is 0 Å². The average molecular weight is 295 g/mol. The molecule has 0 amide bonds. The number of benzene rings is 2. The number of nitrogens with zero attached hydrogens (tertiary/aromatic N) is 1. The fraction of sp³-hybridized carbons (Fsp3) is 0.222. The summed E-state index contributed by atoms with van der Waals surface area (Å²) in [7, 11) is 0. The molecule has 3 heteroatoms. The average Bonchev–Trinajstić information content (AvgIpc) is 2.89. The molecule has 21 heavy (non-hydrogen) atoms. The van der Waals surface area contributed by atoms with Gasteiger partial charge in [-0.2, -0.15) is 0 Å². The first-order chi connectivity index (χ1) is 10.3. The van der Waals surface area contributed by atoms with Gasteiger partial charge in [0.05, 0.1) is 16.5 Å². The predicted octanol–water partition coefficient (Wildman–Crippen LogP) is 5.22. The van der Waals surface area contributed by atoms with Gasteiger partial charge in [0, 0.05) is 17.9 Å². The van der Waals surface area contributed by atoms with E-state index in [1.807, 2.05) is 11.8 Å². The lowest BCUT2D eigenvalue weighted by molar-refractivity contribution is 0.355. The van der Waals surface area contributed by atoms with Gasteiger partial charge in [-0.1, -0.05) is 42.1 Å². The maximum Gasteiger partial charge on any atom is 0.0958 e. The normalized spacial score (nSPS) is 19.3. The van der Waals surface area contributed by atoms with E-state index >= 15 is 0 Å². The molecule has 0 radical (unpaired) electrons. The van der Waals surface area contributed by atoms with Crippen LogP contribution in [0.4, 0.5) is 5.69 Å². The van der Waals surface area contributed by atoms with E-state index < -0.39 is 0 Å². The highest BCUT2D eigenvalue weighted by molar-refractivity contribution is 8.04.